The highest BCUT2D eigenvalue weighted by Crippen LogP contribution is 2.13. The third kappa shape index (κ3) is 3.31. The second kappa shape index (κ2) is 5.99. The molecule has 2 aromatic rings. The lowest BCUT2D eigenvalue weighted by Gasteiger charge is -2.01. The number of benzene rings is 1. The maximum atomic E-state index is 11.1. The Balaban J connectivity index is 1.94. The Kier molecular flexibility index (Phi) is 4.12. The first-order valence-corrected chi connectivity index (χ1v) is 5.76. The van der Waals surface area contributed by atoms with Gasteiger partial charge in [-0.1, -0.05) is 12.1 Å². The van der Waals surface area contributed by atoms with E-state index in [9.17, 15) is 4.79 Å². The van der Waals surface area contributed by atoms with Crippen molar-refractivity contribution in [3.05, 3.63) is 41.6 Å². The van der Waals surface area contributed by atoms with Gasteiger partial charge in [0.25, 0.3) is 0 Å². The molecule has 0 amide bonds. The van der Waals surface area contributed by atoms with E-state index in [2.05, 4.69) is 14.9 Å². The molecular formula is C13H14N2O4. The standard InChI is InChI=1S/C13H14N2O4/c1-17-10-6-3-9(4-7-10)5-8-11-14-15-12(19-11)13(16)18-2/h3-4,6-7H,5,8H2,1-2H3. The minimum Gasteiger partial charge on any atom is -0.497 e. The molecule has 0 radical (unpaired) electrons. The Morgan fingerprint density at radius 3 is 2.53 bits per heavy atom. The van der Waals surface area contributed by atoms with Crippen molar-refractivity contribution < 1.29 is 18.7 Å². The fraction of sp³-hybridized carbons (Fsp3) is 0.308. The average molecular weight is 262 g/mol. The van der Waals surface area contributed by atoms with Crippen LogP contribution in [0.1, 0.15) is 22.1 Å². The average Bonchev–Trinajstić information content (AvgIpc) is 2.93. The van der Waals surface area contributed by atoms with E-state index in [0.29, 0.717) is 12.3 Å². The maximum absolute atomic E-state index is 11.1. The Morgan fingerprint density at radius 1 is 1.16 bits per heavy atom. The molecule has 0 N–H and O–H groups in total. The lowest BCUT2D eigenvalue weighted by Crippen LogP contribution is -2.00. The zero-order chi connectivity index (χ0) is 13.7. The topological polar surface area (TPSA) is 74.5 Å². The summed E-state index contributed by atoms with van der Waals surface area (Å²) in [6.45, 7) is 0. The molecule has 100 valence electrons. The highest BCUT2D eigenvalue weighted by molar-refractivity contribution is 5.83. The summed E-state index contributed by atoms with van der Waals surface area (Å²) in [7, 11) is 2.89. The van der Waals surface area contributed by atoms with E-state index < -0.39 is 5.97 Å². The van der Waals surface area contributed by atoms with E-state index in [4.69, 9.17) is 9.15 Å². The molecule has 1 aromatic carbocycles. The molecule has 6 nitrogen and oxygen atoms in total. The molecule has 0 aliphatic carbocycles. The first-order chi connectivity index (χ1) is 9.22. The van der Waals surface area contributed by atoms with Gasteiger partial charge in [-0.3, -0.25) is 0 Å². The molecule has 0 unspecified atom stereocenters. The summed E-state index contributed by atoms with van der Waals surface area (Å²) in [5.74, 6) is 0.487. The third-order valence-corrected chi connectivity index (χ3v) is 2.61. The van der Waals surface area contributed by atoms with E-state index >= 15 is 0 Å². The lowest BCUT2D eigenvalue weighted by atomic mass is 10.1. The number of hydrogen-bond donors (Lipinski definition) is 0. The highest BCUT2D eigenvalue weighted by Gasteiger charge is 2.14. The predicted octanol–water partition coefficient (Wildman–Crippen LogP) is 1.65. The molecule has 0 saturated carbocycles. The monoisotopic (exact) mass is 262 g/mol. The van der Waals surface area contributed by atoms with E-state index in [1.807, 2.05) is 24.3 Å². The van der Waals surface area contributed by atoms with Gasteiger partial charge in [-0.25, -0.2) is 4.79 Å². The molecule has 0 spiro atoms. The van der Waals surface area contributed by atoms with Crippen LogP contribution < -0.4 is 4.74 Å². The number of nitrogens with zero attached hydrogens (tertiary/aromatic N) is 2. The second-order valence-corrected chi connectivity index (χ2v) is 3.84. The summed E-state index contributed by atoms with van der Waals surface area (Å²) >= 11 is 0. The summed E-state index contributed by atoms with van der Waals surface area (Å²) in [5.41, 5.74) is 1.12. The van der Waals surface area contributed by atoms with Crippen LogP contribution in [0.5, 0.6) is 5.75 Å². The molecule has 19 heavy (non-hydrogen) atoms. The molecule has 1 aromatic heterocycles. The van der Waals surface area contributed by atoms with E-state index in [0.717, 1.165) is 17.7 Å². The quantitative estimate of drug-likeness (QED) is 0.763. The normalized spacial score (nSPS) is 10.2. The van der Waals surface area contributed by atoms with E-state index in [1.54, 1.807) is 7.11 Å². The van der Waals surface area contributed by atoms with Crippen LogP contribution >= 0.6 is 0 Å². The summed E-state index contributed by atoms with van der Waals surface area (Å²) in [4.78, 5) is 11.1. The van der Waals surface area contributed by atoms with Gasteiger partial charge in [-0.2, -0.15) is 0 Å². The second-order valence-electron chi connectivity index (χ2n) is 3.84. The van der Waals surface area contributed by atoms with Crippen molar-refractivity contribution in [2.45, 2.75) is 12.8 Å². The van der Waals surface area contributed by atoms with Crippen LogP contribution in [-0.4, -0.2) is 30.4 Å². The SMILES string of the molecule is COC(=O)c1nnc(CCc2ccc(OC)cc2)o1. The van der Waals surface area contributed by atoms with Gasteiger partial charge in [0.1, 0.15) is 5.75 Å². The number of aromatic nitrogens is 2. The largest absolute Gasteiger partial charge is 0.497 e. The van der Waals surface area contributed by atoms with Crippen molar-refractivity contribution in [1.82, 2.24) is 10.2 Å². The van der Waals surface area contributed by atoms with Crippen molar-refractivity contribution in [3.8, 4) is 5.75 Å². The van der Waals surface area contributed by atoms with Crippen LogP contribution in [-0.2, 0) is 17.6 Å². The molecular weight excluding hydrogens is 248 g/mol. The van der Waals surface area contributed by atoms with Crippen LogP contribution in [0.3, 0.4) is 0 Å². The molecule has 0 aliphatic rings. The van der Waals surface area contributed by atoms with Crippen molar-refractivity contribution in [3.63, 3.8) is 0 Å². The molecule has 0 aliphatic heterocycles. The highest BCUT2D eigenvalue weighted by atomic mass is 16.5. The third-order valence-electron chi connectivity index (χ3n) is 2.61. The number of hydrogen-bond acceptors (Lipinski definition) is 6. The molecule has 0 fully saturated rings. The van der Waals surface area contributed by atoms with Crippen molar-refractivity contribution in [2.75, 3.05) is 14.2 Å². The summed E-state index contributed by atoms with van der Waals surface area (Å²) in [6.07, 6.45) is 1.31. The predicted molar refractivity (Wildman–Crippen MR) is 66.0 cm³/mol. The molecule has 0 atom stereocenters. The van der Waals surface area contributed by atoms with Gasteiger partial charge in [0.15, 0.2) is 0 Å². The first-order valence-electron chi connectivity index (χ1n) is 5.76. The fourth-order valence-electron chi connectivity index (χ4n) is 1.57. The van der Waals surface area contributed by atoms with Crippen LogP contribution in [0, 0.1) is 0 Å². The van der Waals surface area contributed by atoms with Gasteiger partial charge in [0.2, 0.25) is 5.89 Å². The fourth-order valence-corrected chi connectivity index (χ4v) is 1.57. The number of esters is 1. The zero-order valence-electron chi connectivity index (χ0n) is 10.8. The summed E-state index contributed by atoms with van der Waals surface area (Å²) < 4.78 is 14.8. The van der Waals surface area contributed by atoms with Crippen LogP contribution in [0.25, 0.3) is 0 Å². The minimum atomic E-state index is -0.622. The first kappa shape index (κ1) is 13.1. The molecule has 0 bridgehead atoms. The van der Waals surface area contributed by atoms with Crippen LogP contribution in [0.4, 0.5) is 0 Å². The van der Waals surface area contributed by atoms with Gasteiger partial charge >= 0.3 is 11.9 Å². The molecule has 1 heterocycles. The smallest absolute Gasteiger partial charge is 0.396 e. The summed E-state index contributed by atoms with van der Waals surface area (Å²) in [5, 5.41) is 7.41. The van der Waals surface area contributed by atoms with Gasteiger partial charge in [-0.15, -0.1) is 10.2 Å². The summed E-state index contributed by atoms with van der Waals surface area (Å²) in [6, 6.07) is 7.72. The van der Waals surface area contributed by atoms with Crippen molar-refractivity contribution in [2.24, 2.45) is 0 Å². The Morgan fingerprint density at radius 2 is 1.89 bits per heavy atom. The zero-order valence-corrected chi connectivity index (χ0v) is 10.8. The van der Waals surface area contributed by atoms with Gasteiger partial charge < -0.3 is 13.9 Å². The Labute approximate surface area is 110 Å². The van der Waals surface area contributed by atoms with Crippen molar-refractivity contribution in [1.29, 1.82) is 0 Å². The number of ether oxygens (including phenoxy) is 2. The number of carbonyl (C=O) groups is 1. The number of aryl methyl sites for hydroxylation is 2. The van der Waals surface area contributed by atoms with Crippen LogP contribution in [0.15, 0.2) is 28.7 Å². The Hall–Kier alpha value is -2.37. The van der Waals surface area contributed by atoms with Gasteiger partial charge in [-0.05, 0) is 24.1 Å². The van der Waals surface area contributed by atoms with E-state index in [-0.39, 0.29) is 5.89 Å². The van der Waals surface area contributed by atoms with Crippen LogP contribution in [0.2, 0.25) is 0 Å². The number of carbonyl (C=O) groups excluding carboxylic acids is 1. The molecule has 6 heteroatoms. The van der Waals surface area contributed by atoms with Crippen molar-refractivity contribution >= 4 is 5.97 Å². The molecule has 0 saturated heterocycles. The lowest BCUT2D eigenvalue weighted by molar-refractivity contribution is 0.0554. The van der Waals surface area contributed by atoms with Gasteiger partial charge in [0, 0.05) is 6.42 Å². The minimum absolute atomic E-state index is 0.118. The molecule has 2 rings (SSSR count). The Bertz CT molecular complexity index is 548. The number of methoxy groups -OCH3 is 2. The van der Waals surface area contributed by atoms with Gasteiger partial charge in [0.05, 0.1) is 14.2 Å². The maximum Gasteiger partial charge on any atom is 0.396 e. The number of rotatable bonds is 5. The van der Waals surface area contributed by atoms with E-state index in [1.165, 1.54) is 7.11 Å².